The van der Waals surface area contributed by atoms with Crippen molar-refractivity contribution in [3.63, 3.8) is 0 Å². The van der Waals surface area contributed by atoms with Gasteiger partial charge in [0.25, 0.3) is 0 Å². The first-order chi connectivity index (χ1) is 9.83. The summed E-state index contributed by atoms with van der Waals surface area (Å²) in [7, 11) is 0. The minimum absolute atomic E-state index is 0.0576. The highest BCUT2D eigenvalue weighted by atomic mass is 35.5. The topological polar surface area (TPSA) is 34.1 Å². The molecule has 1 heterocycles. The molecule has 0 unspecified atom stereocenters. The maximum absolute atomic E-state index is 6.01. The first-order valence-corrected chi connectivity index (χ1v) is 7.35. The molecule has 0 bridgehead atoms. The van der Waals surface area contributed by atoms with Crippen LogP contribution >= 0.6 is 11.6 Å². The van der Waals surface area contributed by atoms with Crippen LogP contribution in [0, 0.1) is 6.92 Å². The van der Waals surface area contributed by atoms with Gasteiger partial charge in [0.2, 0.25) is 0 Å². The Bertz CT molecular complexity index is 620. The first-order valence-electron chi connectivity index (χ1n) is 6.97. The fourth-order valence-electron chi connectivity index (χ4n) is 1.78. The van der Waals surface area contributed by atoms with E-state index in [4.69, 9.17) is 16.3 Å². The van der Waals surface area contributed by atoms with Crippen molar-refractivity contribution in [3.8, 4) is 11.5 Å². The number of pyridine rings is 1. The lowest BCUT2D eigenvalue weighted by Gasteiger charge is -2.20. The molecule has 0 aliphatic heterocycles. The van der Waals surface area contributed by atoms with Crippen molar-refractivity contribution < 1.29 is 4.74 Å². The average Bonchev–Trinajstić information content (AvgIpc) is 2.40. The molecule has 21 heavy (non-hydrogen) atoms. The van der Waals surface area contributed by atoms with E-state index in [2.05, 4.69) is 31.1 Å². The molecular formula is C17H21ClN2O. The number of nitrogens with zero attached hydrogens (tertiary/aromatic N) is 1. The van der Waals surface area contributed by atoms with E-state index in [-0.39, 0.29) is 5.54 Å². The monoisotopic (exact) mass is 304 g/mol. The van der Waals surface area contributed by atoms with E-state index in [1.54, 1.807) is 6.20 Å². The number of benzene rings is 1. The van der Waals surface area contributed by atoms with Crippen molar-refractivity contribution >= 4 is 11.6 Å². The van der Waals surface area contributed by atoms with E-state index in [0.29, 0.717) is 11.6 Å². The van der Waals surface area contributed by atoms with Gasteiger partial charge in [0, 0.05) is 29.4 Å². The van der Waals surface area contributed by atoms with Crippen molar-refractivity contribution in [2.75, 3.05) is 0 Å². The number of halogens is 1. The summed E-state index contributed by atoms with van der Waals surface area (Å²) in [5.74, 6) is 1.53. The Balaban J connectivity index is 2.12. The Hall–Kier alpha value is -1.58. The Morgan fingerprint density at radius 2 is 1.95 bits per heavy atom. The lowest BCUT2D eigenvalue weighted by atomic mass is 10.1. The number of nitrogens with one attached hydrogen (secondary N) is 1. The maximum Gasteiger partial charge on any atom is 0.131 e. The largest absolute Gasteiger partial charge is 0.457 e. The molecule has 0 saturated carbocycles. The summed E-state index contributed by atoms with van der Waals surface area (Å²) in [6.07, 6.45) is 1.76. The molecule has 0 aliphatic carbocycles. The van der Waals surface area contributed by atoms with Crippen LogP contribution in [0.25, 0.3) is 0 Å². The standard InChI is InChI=1S/C17H21ClN2O/c1-12-5-6-13(18)9-16(12)21-15-7-8-19-14(10-15)11-20-17(2,3)4/h5-10,20H,11H2,1-4H3. The van der Waals surface area contributed by atoms with Gasteiger partial charge < -0.3 is 10.1 Å². The maximum atomic E-state index is 6.01. The van der Waals surface area contributed by atoms with Crippen molar-refractivity contribution in [2.45, 2.75) is 39.8 Å². The smallest absolute Gasteiger partial charge is 0.131 e. The second-order valence-corrected chi connectivity index (χ2v) is 6.53. The summed E-state index contributed by atoms with van der Waals surface area (Å²) >= 11 is 6.01. The van der Waals surface area contributed by atoms with Crippen LogP contribution in [-0.2, 0) is 6.54 Å². The van der Waals surface area contributed by atoms with Crippen LogP contribution in [0.1, 0.15) is 32.0 Å². The van der Waals surface area contributed by atoms with E-state index < -0.39 is 0 Å². The summed E-state index contributed by atoms with van der Waals surface area (Å²) in [5, 5.41) is 4.08. The van der Waals surface area contributed by atoms with Gasteiger partial charge in [0.15, 0.2) is 0 Å². The van der Waals surface area contributed by atoms with Gasteiger partial charge >= 0.3 is 0 Å². The van der Waals surface area contributed by atoms with Gasteiger partial charge in [-0.3, -0.25) is 4.98 Å². The molecular weight excluding hydrogens is 284 g/mol. The number of ether oxygens (including phenoxy) is 1. The Kier molecular flexibility index (Phi) is 4.86. The molecule has 4 heteroatoms. The van der Waals surface area contributed by atoms with Crippen LogP contribution < -0.4 is 10.1 Å². The van der Waals surface area contributed by atoms with E-state index in [1.807, 2.05) is 37.3 Å². The molecule has 1 aromatic heterocycles. The molecule has 2 rings (SSSR count). The molecule has 0 spiro atoms. The van der Waals surface area contributed by atoms with Crippen LogP contribution in [0.15, 0.2) is 36.5 Å². The Labute approximate surface area is 131 Å². The van der Waals surface area contributed by atoms with Crippen molar-refractivity contribution in [2.24, 2.45) is 0 Å². The molecule has 0 saturated heterocycles. The molecule has 1 aromatic carbocycles. The predicted octanol–water partition coefficient (Wildman–Crippen LogP) is 4.72. The third-order valence-corrected chi connectivity index (χ3v) is 3.20. The van der Waals surface area contributed by atoms with Gasteiger partial charge in [-0.1, -0.05) is 17.7 Å². The molecule has 112 valence electrons. The normalized spacial score (nSPS) is 11.5. The lowest BCUT2D eigenvalue weighted by molar-refractivity contribution is 0.419. The summed E-state index contributed by atoms with van der Waals surface area (Å²) < 4.78 is 5.91. The first kappa shape index (κ1) is 15.8. The van der Waals surface area contributed by atoms with Gasteiger partial charge in [-0.05, 0) is 51.5 Å². The Morgan fingerprint density at radius 1 is 1.19 bits per heavy atom. The molecule has 0 fully saturated rings. The number of hydrogen-bond acceptors (Lipinski definition) is 3. The number of hydrogen-bond donors (Lipinski definition) is 1. The minimum Gasteiger partial charge on any atom is -0.457 e. The summed E-state index contributed by atoms with van der Waals surface area (Å²) in [5.41, 5.74) is 2.05. The average molecular weight is 305 g/mol. The predicted molar refractivity (Wildman–Crippen MR) is 87.1 cm³/mol. The van der Waals surface area contributed by atoms with Crippen LogP contribution in [0.3, 0.4) is 0 Å². The number of aryl methyl sites for hydroxylation is 1. The molecule has 0 amide bonds. The zero-order valence-electron chi connectivity index (χ0n) is 12.9. The van der Waals surface area contributed by atoms with Gasteiger partial charge in [-0.25, -0.2) is 0 Å². The minimum atomic E-state index is 0.0576. The third kappa shape index (κ3) is 5.03. The van der Waals surface area contributed by atoms with Gasteiger partial charge in [-0.15, -0.1) is 0 Å². The fraction of sp³-hybridized carbons (Fsp3) is 0.353. The van der Waals surface area contributed by atoms with Gasteiger partial charge in [0.05, 0.1) is 5.69 Å². The third-order valence-electron chi connectivity index (χ3n) is 2.97. The molecule has 0 radical (unpaired) electrons. The molecule has 3 nitrogen and oxygen atoms in total. The van der Waals surface area contributed by atoms with Gasteiger partial charge in [-0.2, -0.15) is 0 Å². The highest BCUT2D eigenvalue weighted by molar-refractivity contribution is 6.30. The SMILES string of the molecule is Cc1ccc(Cl)cc1Oc1ccnc(CNC(C)(C)C)c1. The van der Waals surface area contributed by atoms with Crippen LogP contribution in [0.5, 0.6) is 11.5 Å². The van der Waals surface area contributed by atoms with Crippen LogP contribution in [-0.4, -0.2) is 10.5 Å². The van der Waals surface area contributed by atoms with Crippen LogP contribution in [0.2, 0.25) is 5.02 Å². The van der Waals surface area contributed by atoms with E-state index in [9.17, 15) is 0 Å². The molecule has 2 aromatic rings. The number of aromatic nitrogens is 1. The van der Waals surface area contributed by atoms with E-state index >= 15 is 0 Å². The summed E-state index contributed by atoms with van der Waals surface area (Å²) in [4.78, 5) is 4.36. The lowest BCUT2D eigenvalue weighted by Crippen LogP contribution is -2.35. The summed E-state index contributed by atoms with van der Waals surface area (Å²) in [6, 6.07) is 9.42. The zero-order valence-corrected chi connectivity index (χ0v) is 13.7. The van der Waals surface area contributed by atoms with E-state index in [0.717, 1.165) is 22.8 Å². The Morgan fingerprint density at radius 3 is 2.67 bits per heavy atom. The van der Waals surface area contributed by atoms with Crippen molar-refractivity contribution in [1.82, 2.24) is 10.3 Å². The second kappa shape index (κ2) is 6.46. The fourth-order valence-corrected chi connectivity index (χ4v) is 1.94. The highest BCUT2D eigenvalue weighted by Crippen LogP contribution is 2.28. The van der Waals surface area contributed by atoms with Crippen molar-refractivity contribution in [3.05, 3.63) is 52.8 Å². The summed E-state index contributed by atoms with van der Waals surface area (Å²) in [6.45, 7) is 9.08. The van der Waals surface area contributed by atoms with Crippen LogP contribution in [0.4, 0.5) is 0 Å². The quantitative estimate of drug-likeness (QED) is 0.887. The highest BCUT2D eigenvalue weighted by Gasteiger charge is 2.09. The van der Waals surface area contributed by atoms with Gasteiger partial charge in [0.1, 0.15) is 11.5 Å². The molecule has 0 aliphatic rings. The van der Waals surface area contributed by atoms with Crippen molar-refractivity contribution in [1.29, 1.82) is 0 Å². The molecule has 0 atom stereocenters. The molecule has 1 N–H and O–H groups in total. The number of rotatable bonds is 4. The van der Waals surface area contributed by atoms with E-state index in [1.165, 1.54) is 0 Å². The zero-order chi connectivity index (χ0) is 15.5. The second-order valence-electron chi connectivity index (χ2n) is 6.10.